The fourth-order valence-electron chi connectivity index (χ4n) is 2.61. The van der Waals surface area contributed by atoms with Crippen LogP contribution >= 0.6 is 11.8 Å². The van der Waals surface area contributed by atoms with Crippen molar-refractivity contribution in [2.45, 2.75) is 70.6 Å². The van der Waals surface area contributed by atoms with E-state index in [1.807, 2.05) is 6.26 Å². The summed E-state index contributed by atoms with van der Waals surface area (Å²) in [5.41, 5.74) is 11.1. The molecule has 0 aliphatic rings. The first-order chi connectivity index (χ1) is 14.0. The third-order valence-corrected chi connectivity index (χ3v) is 5.11. The van der Waals surface area contributed by atoms with E-state index in [4.69, 9.17) is 11.5 Å². The molecule has 0 aliphatic heterocycles. The van der Waals surface area contributed by atoms with Crippen molar-refractivity contribution in [2.75, 3.05) is 18.6 Å². The Bertz CT molecular complexity index is 574. The van der Waals surface area contributed by atoms with Gasteiger partial charge in [0, 0.05) is 0 Å². The highest BCUT2D eigenvalue weighted by atomic mass is 32.2. The van der Waals surface area contributed by atoms with Crippen LogP contribution in [0.3, 0.4) is 0 Å². The van der Waals surface area contributed by atoms with Crippen LogP contribution in [0, 0.1) is 5.92 Å². The van der Waals surface area contributed by atoms with E-state index in [0.717, 1.165) is 0 Å². The molecule has 0 radical (unpaired) electrons. The van der Waals surface area contributed by atoms with Crippen LogP contribution in [-0.4, -0.2) is 71.5 Å². The summed E-state index contributed by atoms with van der Waals surface area (Å²) in [6, 6.07) is -3.64. The van der Waals surface area contributed by atoms with Crippen molar-refractivity contribution < 1.29 is 24.3 Å². The molecule has 0 aromatic carbocycles. The number of carboxylic acid groups (broad SMARTS) is 1. The summed E-state index contributed by atoms with van der Waals surface area (Å²) in [5.74, 6) is -2.43. The van der Waals surface area contributed by atoms with Crippen LogP contribution in [0.4, 0.5) is 0 Å². The number of rotatable bonds is 15. The normalized spacial score (nSPS) is 15.0. The molecule has 0 aromatic heterocycles. The molecule has 0 saturated carbocycles. The van der Waals surface area contributed by atoms with E-state index in [1.54, 1.807) is 13.8 Å². The van der Waals surface area contributed by atoms with Crippen molar-refractivity contribution in [1.82, 2.24) is 16.0 Å². The molecule has 0 spiro atoms. The standard InChI is InChI=1S/C19H37N5O5S/c1-11(2)15(18(27)23-14(19(28)29)8-10-30-4)24-17(26)13(7-5-6-9-20)22-16(25)12(3)21/h11-15H,5-10,20-21H2,1-4H3,(H,22,25)(H,23,27)(H,24,26)(H,28,29). The Morgan fingerprint density at radius 2 is 1.50 bits per heavy atom. The molecule has 4 atom stereocenters. The van der Waals surface area contributed by atoms with Crippen LogP contribution in [0.2, 0.25) is 0 Å². The van der Waals surface area contributed by atoms with Crippen LogP contribution in [0.5, 0.6) is 0 Å². The van der Waals surface area contributed by atoms with Crippen LogP contribution < -0.4 is 27.4 Å². The molecule has 0 saturated heterocycles. The lowest BCUT2D eigenvalue weighted by Gasteiger charge is -2.27. The summed E-state index contributed by atoms with van der Waals surface area (Å²) in [5, 5.41) is 17.1. The maximum absolute atomic E-state index is 12.8. The molecule has 0 aliphatic carbocycles. The van der Waals surface area contributed by atoms with Crippen molar-refractivity contribution in [3.8, 4) is 0 Å². The molecule has 3 amide bonds. The maximum Gasteiger partial charge on any atom is 0.326 e. The monoisotopic (exact) mass is 447 g/mol. The Kier molecular flexibility index (Phi) is 14.1. The molecule has 4 unspecified atom stereocenters. The van der Waals surface area contributed by atoms with Crippen molar-refractivity contribution >= 4 is 35.5 Å². The first-order valence-corrected chi connectivity index (χ1v) is 11.5. The predicted molar refractivity (Wildman–Crippen MR) is 118 cm³/mol. The number of hydrogen-bond acceptors (Lipinski definition) is 7. The van der Waals surface area contributed by atoms with Gasteiger partial charge in [-0.25, -0.2) is 4.79 Å². The molecule has 0 bridgehead atoms. The number of aliphatic carboxylic acids is 1. The number of thioether (sulfide) groups is 1. The molecule has 0 rings (SSSR count). The van der Waals surface area contributed by atoms with Gasteiger partial charge in [-0.3, -0.25) is 14.4 Å². The van der Waals surface area contributed by atoms with E-state index in [1.165, 1.54) is 18.7 Å². The first kappa shape index (κ1) is 28.1. The van der Waals surface area contributed by atoms with Crippen LogP contribution in [0.1, 0.15) is 46.5 Å². The van der Waals surface area contributed by atoms with E-state index < -0.39 is 47.9 Å². The molecule has 0 heterocycles. The molecule has 11 heteroatoms. The second-order valence-electron chi connectivity index (χ2n) is 7.55. The smallest absolute Gasteiger partial charge is 0.326 e. The Balaban J connectivity index is 5.26. The van der Waals surface area contributed by atoms with Crippen LogP contribution in [0.15, 0.2) is 0 Å². The first-order valence-electron chi connectivity index (χ1n) is 10.1. The predicted octanol–water partition coefficient (Wildman–Crippen LogP) is -0.589. The van der Waals surface area contributed by atoms with E-state index in [0.29, 0.717) is 31.6 Å². The van der Waals surface area contributed by atoms with Gasteiger partial charge in [-0.05, 0) is 57.1 Å². The molecular formula is C19H37N5O5S. The third-order valence-electron chi connectivity index (χ3n) is 4.47. The van der Waals surface area contributed by atoms with E-state index in [9.17, 15) is 24.3 Å². The van der Waals surface area contributed by atoms with Crippen LogP contribution in [0.25, 0.3) is 0 Å². The van der Waals surface area contributed by atoms with E-state index in [-0.39, 0.29) is 12.3 Å². The molecule has 8 N–H and O–H groups in total. The Morgan fingerprint density at radius 1 is 0.900 bits per heavy atom. The number of unbranched alkanes of at least 4 members (excludes halogenated alkanes) is 1. The lowest BCUT2D eigenvalue weighted by molar-refractivity contribution is -0.142. The summed E-state index contributed by atoms with van der Waals surface area (Å²) >= 11 is 1.48. The fourth-order valence-corrected chi connectivity index (χ4v) is 3.08. The minimum Gasteiger partial charge on any atom is -0.480 e. The average Bonchev–Trinajstić information content (AvgIpc) is 2.67. The van der Waals surface area contributed by atoms with Gasteiger partial charge in [-0.1, -0.05) is 13.8 Å². The van der Waals surface area contributed by atoms with Gasteiger partial charge in [-0.2, -0.15) is 11.8 Å². The number of carboxylic acids is 1. The summed E-state index contributed by atoms with van der Waals surface area (Å²) in [6.45, 7) is 5.45. The van der Waals surface area contributed by atoms with Crippen molar-refractivity contribution in [3.05, 3.63) is 0 Å². The summed E-state index contributed by atoms with van der Waals surface area (Å²) in [6.07, 6.45) is 3.76. The minimum absolute atomic E-state index is 0.271. The topological polar surface area (TPSA) is 177 Å². The molecule has 30 heavy (non-hydrogen) atoms. The van der Waals surface area contributed by atoms with Gasteiger partial charge < -0.3 is 32.5 Å². The van der Waals surface area contributed by atoms with Gasteiger partial charge in [0.25, 0.3) is 0 Å². The quantitative estimate of drug-likeness (QED) is 0.180. The van der Waals surface area contributed by atoms with Crippen LogP contribution in [-0.2, 0) is 19.2 Å². The largest absolute Gasteiger partial charge is 0.480 e. The molecule has 0 fully saturated rings. The van der Waals surface area contributed by atoms with Gasteiger partial charge in [0.05, 0.1) is 6.04 Å². The second kappa shape index (κ2) is 15.0. The molecular weight excluding hydrogens is 410 g/mol. The highest BCUT2D eigenvalue weighted by molar-refractivity contribution is 7.98. The number of hydrogen-bond donors (Lipinski definition) is 6. The third kappa shape index (κ3) is 10.8. The molecule has 10 nitrogen and oxygen atoms in total. The van der Waals surface area contributed by atoms with Gasteiger partial charge in [0.2, 0.25) is 17.7 Å². The van der Waals surface area contributed by atoms with Crippen molar-refractivity contribution in [3.63, 3.8) is 0 Å². The number of amides is 3. The Morgan fingerprint density at radius 3 is 1.97 bits per heavy atom. The lowest BCUT2D eigenvalue weighted by atomic mass is 10.0. The highest BCUT2D eigenvalue weighted by Gasteiger charge is 2.31. The maximum atomic E-state index is 12.8. The minimum atomic E-state index is -1.13. The fraction of sp³-hybridized carbons (Fsp3) is 0.789. The SMILES string of the molecule is CSCCC(NC(=O)C(NC(=O)C(CCCCN)NC(=O)C(C)N)C(C)C)C(=O)O. The summed E-state index contributed by atoms with van der Waals surface area (Å²) in [4.78, 5) is 48.9. The Hall–Kier alpha value is -1.85. The Labute approximate surface area is 182 Å². The summed E-state index contributed by atoms with van der Waals surface area (Å²) < 4.78 is 0. The lowest BCUT2D eigenvalue weighted by Crippen LogP contribution is -2.58. The van der Waals surface area contributed by atoms with E-state index >= 15 is 0 Å². The van der Waals surface area contributed by atoms with E-state index in [2.05, 4.69) is 16.0 Å². The number of carbonyl (C=O) groups excluding carboxylic acids is 3. The van der Waals surface area contributed by atoms with Gasteiger partial charge in [0.1, 0.15) is 18.1 Å². The number of nitrogens with one attached hydrogen (secondary N) is 3. The van der Waals surface area contributed by atoms with Crippen molar-refractivity contribution in [1.29, 1.82) is 0 Å². The van der Waals surface area contributed by atoms with Gasteiger partial charge >= 0.3 is 5.97 Å². The average molecular weight is 448 g/mol. The van der Waals surface area contributed by atoms with Gasteiger partial charge in [-0.15, -0.1) is 0 Å². The zero-order valence-corrected chi connectivity index (χ0v) is 19.1. The number of carbonyl (C=O) groups is 4. The molecule has 0 aromatic rings. The molecule has 174 valence electrons. The number of nitrogens with two attached hydrogens (primary N) is 2. The summed E-state index contributed by atoms with van der Waals surface area (Å²) in [7, 11) is 0. The zero-order chi connectivity index (χ0) is 23.3. The zero-order valence-electron chi connectivity index (χ0n) is 18.3. The van der Waals surface area contributed by atoms with Crippen molar-refractivity contribution in [2.24, 2.45) is 17.4 Å². The second-order valence-corrected chi connectivity index (χ2v) is 8.53. The van der Waals surface area contributed by atoms with Gasteiger partial charge in [0.15, 0.2) is 0 Å². The highest BCUT2D eigenvalue weighted by Crippen LogP contribution is 2.08.